The monoisotopic (exact) mass is 364 g/mol. The summed E-state index contributed by atoms with van der Waals surface area (Å²) < 4.78 is 25.2. The number of rotatable bonds is 5. The summed E-state index contributed by atoms with van der Waals surface area (Å²) in [7, 11) is 1.49. The summed E-state index contributed by atoms with van der Waals surface area (Å²) >= 11 is 0. The molecule has 1 heterocycles. The van der Waals surface area contributed by atoms with Crippen LogP contribution in [-0.2, 0) is 6.61 Å². The maximum Gasteiger partial charge on any atom is 0.266 e. The van der Waals surface area contributed by atoms with Gasteiger partial charge in [0.25, 0.3) is 5.56 Å². The lowest BCUT2D eigenvalue weighted by Crippen LogP contribution is -2.13. The predicted molar refractivity (Wildman–Crippen MR) is 99.2 cm³/mol. The minimum absolute atomic E-state index is 0.0235. The second kappa shape index (κ2) is 7.75. The molecule has 0 saturated carbocycles. The Bertz CT molecular complexity index is 1080. The minimum atomic E-state index is -0.477. The number of ether oxygens (including phenoxy) is 2. The number of H-pyrrole nitrogens is 1. The second-order valence-corrected chi connectivity index (χ2v) is 5.90. The van der Waals surface area contributed by atoms with Crippen LogP contribution in [0.25, 0.3) is 11.1 Å². The van der Waals surface area contributed by atoms with Crippen molar-refractivity contribution in [2.45, 2.75) is 13.5 Å². The van der Waals surface area contributed by atoms with Crippen LogP contribution in [0.3, 0.4) is 0 Å². The molecular weight excluding hydrogens is 347 g/mol. The van der Waals surface area contributed by atoms with Crippen molar-refractivity contribution in [3.05, 3.63) is 81.5 Å². The van der Waals surface area contributed by atoms with Crippen LogP contribution in [0.1, 0.15) is 16.8 Å². The highest BCUT2D eigenvalue weighted by Crippen LogP contribution is 2.39. The van der Waals surface area contributed by atoms with Crippen molar-refractivity contribution in [3.8, 4) is 28.7 Å². The molecule has 3 rings (SSSR count). The Morgan fingerprint density at radius 3 is 2.63 bits per heavy atom. The molecule has 0 atom stereocenters. The topological polar surface area (TPSA) is 75.1 Å². The Hall–Kier alpha value is -3.59. The van der Waals surface area contributed by atoms with E-state index in [-0.39, 0.29) is 18.0 Å². The van der Waals surface area contributed by atoms with Gasteiger partial charge in [-0.05, 0) is 25.1 Å². The van der Waals surface area contributed by atoms with Gasteiger partial charge in [0.1, 0.15) is 24.1 Å². The summed E-state index contributed by atoms with van der Waals surface area (Å²) in [6.45, 7) is 1.70. The molecule has 0 aliphatic heterocycles. The molecule has 6 heteroatoms. The first-order valence-corrected chi connectivity index (χ1v) is 8.22. The van der Waals surface area contributed by atoms with Gasteiger partial charge in [0, 0.05) is 22.4 Å². The second-order valence-electron chi connectivity index (χ2n) is 5.90. The van der Waals surface area contributed by atoms with E-state index in [1.165, 1.54) is 13.2 Å². The van der Waals surface area contributed by atoms with E-state index in [1.807, 2.05) is 6.07 Å². The Morgan fingerprint density at radius 1 is 1.15 bits per heavy atom. The highest BCUT2D eigenvalue weighted by Gasteiger charge is 2.18. The molecule has 136 valence electrons. The van der Waals surface area contributed by atoms with Crippen LogP contribution in [0, 0.1) is 24.1 Å². The van der Waals surface area contributed by atoms with Crippen molar-refractivity contribution >= 4 is 0 Å². The van der Waals surface area contributed by atoms with Crippen molar-refractivity contribution in [2.24, 2.45) is 0 Å². The fourth-order valence-electron chi connectivity index (χ4n) is 2.81. The lowest BCUT2D eigenvalue weighted by Gasteiger charge is -2.16. The quantitative estimate of drug-likeness (QED) is 0.744. The van der Waals surface area contributed by atoms with E-state index in [0.29, 0.717) is 33.9 Å². The van der Waals surface area contributed by atoms with Gasteiger partial charge in [-0.1, -0.05) is 30.3 Å². The van der Waals surface area contributed by atoms with Crippen LogP contribution in [0.2, 0.25) is 0 Å². The third kappa shape index (κ3) is 3.67. The molecule has 2 aromatic carbocycles. The molecule has 27 heavy (non-hydrogen) atoms. The highest BCUT2D eigenvalue weighted by molar-refractivity contribution is 5.78. The summed E-state index contributed by atoms with van der Waals surface area (Å²) in [5.74, 6) is 0.383. The Balaban J connectivity index is 2.12. The molecule has 0 aliphatic rings. The summed E-state index contributed by atoms with van der Waals surface area (Å²) in [4.78, 5) is 14.8. The molecule has 5 nitrogen and oxygen atoms in total. The fourth-order valence-corrected chi connectivity index (χ4v) is 2.81. The number of nitrogens with zero attached hydrogens (tertiary/aromatic N) is 1. The Labute approximate surface area is 155 Å². The highest BCUT2D eigenvalue weighted by atomic mass is 19.1. The number of benzene rings is 2. The van der Waals surface area contributed by atoms with Crippen LogP contribution in [-0.4, -0.2) is 12.1 Å². The molecule has 0 bridgehead atoms. The SMILES string of the molecule is COc1cccc(-c2cc(C)[nH]c(=O)c2C#N)c1OCc1ccccc1F. The van der Waals surface area contributed by atoms with Gasteiger partial charge in [-0.15, -0.1) is 0 Å². The third-order valence-electron chi connectivity index (χ3n) is 4.10. The molecule has 0 spiro atoms. The number of nitrogens with one attached hydrogen (secondary N) is 1. The number of nitriles is 1. The van der Waals surface area contributed by atoms with Crippen LogP contribution in [0.5, 0.6) is 11.5 Å². The van der Waals surface area contributed by atoms with E-state index in [4.69, 9.17) is 9.47 Å². The molecule has 0 fully saturated rings. The number of halogens is 1. The van der Waals surface area contributed by atoms with Crippen LogP contribution in [0.4, 0.5) is 4.39 Å². The maximum atomic E-state index is 13.9. The number of para-hydroxylation sites is 1. The molecule has 3 aromatic rings. The number of pyridine rings is 1. The van der Waals surface area contributed by atoms with Crippen LogP contribution < -0.4 is 15.0 Å². The lowest BCUT2D eigenvalue weighted by molar-refractivity contribution is 0.281. The van der Waals surface area contributed by atoms with Crippen molar-refractivity contribution in [1.82, 2.24) is 4.98 Å². The Kier molecular flexibility index (Phi) is 5.23. The first-order chi connectivity index (χ1) is 13.0. The number of hydrogen-bond acceptors (Lipinski definition) is 4. The minimum Gasteiger partial charge on any atom is -0.493 e. The number of hydrogen-bond donors (Lipinski definition) is 1. The predicted octanol–water partition coefficient (Wildman–Crippen LogP) is 3.95. The molecular formula is C21H17FN2O3. The number of aromatic nitrogens is 1. The largest absolute Gasteiger partial charge is 0.493 e. The van der Waals surface area contributed by atoms with E-state index in [0.717, 1.165) is 0 Å². The lowest BCUT2D eigenvalue weighted by atomic mass is 9.99. The van der Waals surface area contributed by atoms with Crippen molar-refractivity contribution in [3.63, 3.8) is 0 Å². The van der Waals surface area contributed by atoms with Crippen LogP contribution in [0.15, 0.2) is 53.3 Å². The summed E-state index contributed by atoms with van der Waals surface area (Å²) in [5.41, 5.74) is 1.45. The molecule has 1 N–H and O–H groups in total. The van der Waals surface area contributed by atoms with Gasteiger partial charge in [-0.2, -0.15) is 5.26 Å². The van der Waals surface area contributed by atoms with Gasteiger partial charge in [0.2, 0.25) is 0 Å². The van der Waals surface area contributed by atoms with E-state index in [2.05, 4.69) is 4.98 Å². The van der Waals surface area contributed by atoms with Crippen LogP contribution >= 0.6 is 0 Å². The van der Waals surface area contributed by atoms with Gasteiger partial charge in [-0.3, -0.25) is 4.79 Å². The zero-order chi connectivity index (χ0) is 19.4. The van der Waals surface area contributed by atoms with Gasteiger partial charge in [0.15, 0.2) is 11.5 Å². The van der Waals surface area contributed by atoms with E-state index < -0.39 is 5.56 Å². The fraction of sp³-hybridized carbons (Fsp3) is 0.143. The van der Waals surface area contributed by atoms with Gasteiger partial charge < -0.3 is 14.5 Å². The van der Waals surface area contributed by atoms with E-state index in [9.17, 15) is 14.4 Å². The molecule has 0 saturated heterocycles. The molecule has 0 amide bonds. The standard InChI is InChI=1S/C21H17FN2O3/c1-13-10-16(17(11-23)21(25)24-13)15-7-5-9-19(26-2)20(15)27-12-14-6-3-4-8-18(14)22/h3-10H,12H2,1-2H3,(H,24,25). The molecule has 1 aromatic heterocycles. The smallest absolute Gasteiger partial charge is 0.266 e. The van der Waals surface area contributed by atoms with Crippen molar-refractivity contribution < 1.29 is 13.9 Å². The maximum absolute atomic E-state index is 13.9. The van der Waals surface area contributed by atoms with Gasteiger partial charge in [0.05, 0.1) is 7.11 Å². The molecule has 0 aliphatic carbocycles. The first kappa shape index (κ1) is 18.2. The number of aromatic amines is 1. The van der Waals surface area contributed by atoms with E-state index in [1.54, 1.807) is 49.4 Å². The first-order valence-electron chi connectivity index (χ1n) is 8.22. The summed E-state index contributed by atoms with van der Waals surface area (Å²) in [5, 5.41) is 9.42. The average molecular weight is 364 g/mol. The molecule has 0 radical (unpaired) electrons. The third-order valence-corrected chi connectivity index (χ3v) is 4.10. The van der Waals surface area contributed by atoms with Gasteiger partial charge >= 0.3 is 0 Å². The normalized spacial score (nSPS) is 10.3. The molecule has 0 unspecified atom stereocenters. The zero-order valence-electron chi connectivity index (χ0n) is 14.9. The number of aryl methyl sites for hydroxylation is 1. The Morgan fingerprint density at radius 2 is 1.93 bits per heavy atom. The van der Waals surface area contributed by atoms with E-state index >= 15 is 0 Å². The number of methoxy groups -OCH3 is 1. The zero-order valence-corrected chi connectivity index (χ0v) is 14.9. The van der Waals surface area contributed by atoms with Crippen molar-refractivity contribution in [2.75, 3.05) is 7.11 Å². The summed E-state index contributed by atoms with van der Waals surface area (Å²) in [6, 6.07) is 15.1. The van der Waals surface area contributed by atoms with Crippen molar-refractivity contribution in [1.29, 1.82) is 5.26 Å². The average Bonchev–Trinajstić information content (AvgIpc) is 2.66. The summed E-state index contributed by atoms with van der Waals surface area (Å²) in [6.07, 6.45) is 0. The van der Waals surface area contributed by atoms with Gasteiger partial charge in [-0.25, -0.2) is 4.39 Å².